The lowest BCUT2D eigenvalue weighted by atomic mass is 9.97. The number of aryl methyl sites for hydroxylation is 1. The molecule has 2 nitrogen and oxygen atoms in total. The lowest BCUT2D eigenvalue weighted by molar-refractivity contribution is -0.116. The van der Waals surface area contributed by atoms with E-state index in [1.54, 1.807) is 0 Å². The summed E-state index contributed by atoms with van der Waals surface area (Å²) in [6.07, 6.45) is 2.29. The van der Waals surface area contributed by atoms with Crippen molar-refractivity contribution in [1.29, 1.82) is 0 Å². The number of benzene rings is 2. The molecule has 4 heteroatoms. The van der Waals surface area contributed by atoms with Gasteiger partial charge in [-0.3, -0.25) is 4.79 Å². The molecule has 0 spiro atoms. The predicted octanol–water partition coefficient (Wildman–Crippen LogP) is 4.90. The summed E-state index contributed by atoms with van der Waals surface area (Å²) in [4.78, 5) is 11.6. The molecule has 1 aliphatic rings. The molecule has 0 radical (unpaired) electrons. The Balaban J connectivity index is 1.77. The van der Waals surface area contributed by atoms with E-state index in [4.69, 9.17) is 11.6 Å². The first-order valence-electron chi connectivity index (χ1n) is 6.93. The number of alkyl halides is 1. The van der Waals surface area contributed by atoms with E-state index in [2.05, 4.69) is 45.5 Å². The quantitative estimate of drug-likeness (QED) is 0.771. The minimum atomic E-state index is 0.104. The minimum absolute atomic E-state index is 0.104. The van der Waals surface area contributed by atoms with Crippen LogP contribution in [-0.4, -0.2) is 5.91 Å². The molecule has 1 N–H and O–H groups in total. The third kappa shape index (κ3) is 3.47. The summed E-state index contributed by atoms with van der Waals surface area (Å²) in [7, 11) is 0. The zero-order valence-electron chi connectivity index (χ0n) is 11.4. The van der Waals surface area contributed by atoms with Gasteiger partial charge in [-0.25, -0.2) is 0 Å². The van der Waals surface area contributed by atoms with Gasteiger partial charge in [0, 0.05) is 22.0 Å². The number of amides is 1. The molecule has 0 fully saturated rings. The Morgan fingerprint density at radius 2 is 1.90 bits per heavy atom. The number of carbonyl (C=O) groups is 1. The topological polar surface area (TPSA) is 29.1 Å². The van der Waals surface area contributed by atoms with Crippen molar-refractivity contribution in [3.63, 3.8) is 0 Å². The van der Waals surface area contributed by atoms with Crippen LogP contribution in [0.15, 0.2) is 42.5 Å². The largest absolute Gasteiger partial charge is 0.326 e. The maximum atomic E-state index is 11.4. The van der Waals surface area contributed by atoms with Crippen molar-refractivity contribution in [3.05, 3.63) is 64.2 Å². The fourth-order valence-corrected chi connectivity index (χ4v) is 3.33. The standard InChI is InChI=1S/C17H15BrClNO/c18-15(9-11-1-5-14(19)6-2-11)12-3-7-16-13(10-12)4-8-17(21)20-16/h1-3,5-7,10,15H,4,8-9H2,(H,20,21). The average Bonchev–Trinajstić information content (AvgIpc) is 2.49. The summed E-state index contributed by atoms with van der Waals surface area (Å²) in [5.41, 5.74) is 4.64. The number of fused-ring (bicyclic) bond motifs is 1. The average molecular weight is 365 g/mol. The molecule has 21 heavy (non-hydrogen) atoms. The first-order valence-corrected chi connectivity index (χ1v) is 8.22. The van der Waals surface area contributed by atoms with Gasteiger partial charge in [-0.15, -0.1) is 0 Å². The third-order valence-corrected chi connectivity index (χ3v) is 4.82. The SMILES string of the molecule is O=C1CCc2cc(C(Br)Cc3ccc(Cl)cc3)ccc2N1. The highest BCUT2D eigenvalue weighted by Crippen LogP contribution is 2.32. The Kier molecular flexibility index (Phi) is 4.32. The molecule has 1 heterocycles. The molecular formula is C17H15BrClNO. The number of hydrogen-bond acceptors (Lipinski definition) is 1. The molecule has 108 valence electrons. The van der Waals surface area contributed by atoms with Crippen molar-refractivity contribution < 1.29 is 4.79 Å². The fourth-order valence-electron chi connectivity index (χ4n) is 2.54. The maximum Gasteiger partial charge on any atom is 0.224 e. The molecule has 1 unspecified atom stereocenters. The Hall–Kier alpha value is -1.32. The molecule has 0 bridgehead atoms. The highest BCUT2D eigenvalue weighted by Gasteiger charge is 2.17. The molecule has 0 saturated heterocycles. The van der Waals surface area contributed by atoms with Crippen LogP contribution in [-0.2, 0) is 17.6 Å². The zero-order valence-corrected chi connectivity index (χ0v) is 13.7. The second kappa shape index (κ2) is 6.20. The van der Waals surface area contributed by atoms with E-state index in [-0.39, 0.29) is 10.7 Å². The first-order chi connectivity index (χ1) is 10.1. The lowest BCUT2D eigenvalue weighted by Crippen LogP contribution is -2.19. The summed E-state index contributed by atoms with van der Waals surface area (Å²) in [5.74, 6) is 0.104. The molecule has 0 aromatic heterocycles. The Bertz CT molecular complexity index is 669. The van der Waals surface area contributed by atoms with Crippen molar-refractivity contribution in [2.45, 2.75) is 24.1 Å². The normalized spacial score (nSPS) is 15.2. The Morgan fingerprint density at radius 1 is 1.14 bits per heavy atom. The number of carbonyl (C=O) groups excluding carboxylic acids is 1. The van der Waals surface area contributed by atoms with Crippen LogP contribution in [0, 0.1) is 0 Å². The van der Waals surface area contributed by atoms with Crippen LogP contribution in [0.2, 0.25) is 5.02 Å². The first kappa shape index (κ1) is 14.6. The van der Waals surface area contributed by atoms with Gasteiger partial charge < -0.3 is 5.32 Å². The smallest absolute Gasteiger partial charge is 0.224 e. The van der Waals surface area contributed by atoms with Gasteiger partial charge >= 0.3 is 0 Å². The van der Waals surface area contributed by atoms with Crippen molar-refractivity contribution in [1.82, 2.24) is 0 Å². The summed E-state index contributed by atoms with van der Waals surface area (Å²) in [6.45, 7) is 0. The van der Waals surface area contributed by atoms with Gasteiger partial charge in [-0.2, -0.15) is 0 Å². The predicted molar refractivity (Wildman–Crippen MR) is 90.2 cm³/mol. The molecule has 1 aliphatic heterocycles. The number of anilines is 1. The molecule has 3 rings (SSSR count). The minimum Gasteiger partial charge on any atom is -0.326 e. The van der Waals surface area contributed by atoms with Gasteiger partial charge in [0.15, 0.2) is 0 Å². The van der Waals surface area contributed by atoms with E-state index >= 15 is 0 Å². The molecule has 1 amide bonds. The van der Waals surface area contributed by atoms with E-state index in [0.29, 0.717) is 6.42 Å². The monoisotopic (exact) mass is 363 g/mol. The van der Waals surface area contributed by atoms with E-state index in [1.807, 2.05) is 18.2 Å². The van der Waals surface area contributed by atoms with Gasteiger partial charge in [-0.1, -0.05) is 51.8 Å². The summed E-state index contributed by atoms with van der Waals surface area (Å²) in [5, 5.41) is 3.67. The second-order valence-corrected chi connectivity index (χ2v) is 6.80. The summed E-state index contributed by atoms with van der Waals surface area (Å²) in [6, 6.07) is 14.2. The number of halogens is 2. The highest BCUT2D eigenvalue weighted by molar-refractivity contribution is 9.09. The van der Waals surface area contributed by atoms with Gasteiger partial charge in [-0.05, 0) is 47.7 Å². The maximum absolute atomic E-state index is 11.4. The summed E-state index contributed by atoms with van der Waals surface area (Å²) < 4.78 is 0. The van der Waals surface area contributed by atoms with E-state index in [0.717, 1.165) is 23.6 Å². The van der Waals surface area contributed by atoms with Crippen LogP contribution in [0.25, 0.3) is 0 Å². The van der Waals surface area contributed by atoms with Crippen molar-refractivity contribution in [3.8, 4) is 0 Å². The van der Waals surface area contributed by atoms with Crippen LogP contribution in [0.3, 0.4) is 0 Å². The van der Waals surface area contributed by atoms with Gasteiger partial charge in [0.2, 0.25) is 5.91 Å². The van der Waals surface area contributed by atoms with Gasteiger partial charge in [0.1, 0.15) is 0 Å². The molecule has 0 aliphatic carbocycles. The van der Waals surface area contributed by atoms with Crippen LogP contribution < -0.4 is 5.32 Å². The Morgan fingerprint density at radius 3 is 2.67 bits per heavy atom. The number of hydrogen-bond donors (Lipinski definition) is 1. The van der Waals surface area contributed by atoms with E-state index in [1.165, 1.54) is 16.7 Å². The van der Waals surface area contributed by atoms with Crippen LogP contribution >= 0.6 is 27.5 Å². The summed E-state index contributed by atoms with van der Waals surface area (Å²) >= 11 is 9.67. The Labute approximate surface area is 137 Å². The molecular weight excluding hydrogens is 350 g/mol. The number of nitrogens with one attached hydrogen (secondary N) is 1. The van der Waals surface area contributed by atoms with Crippen LogP contribution in [0.1, 0.15) is 27.9 Å². The van der Waals surface area contributed by atoms with Crippen molar-refractivity contribution >= 4 is 39.1 Å². The van der Waals surface area contributed by atoms with Crippen LogP contribution in [0.5, 0.6) is 0 Å². The second-order valence-electron chi connectivity index (χ2n) is 5.26. The van der Waals surface area contributed by atoms with Gasteiger partial charge in [0.25, 0.3) is 0 Å². The third-order valence-electron chi connectivity index (χ3n) is 3.71. The van der Waals surface area contributed by atoms with Crippen LogP contribution in [0.4, 0.5) is 5.69 Å². The van der Waals surface area contributed by atoms with E-state index < -0.39 is 0 Å². The van der Waals surface area contributed by atoms with Gasteiger partial charge in [0.05, 0.1) is 0 Å². The highest BCUT2D eigenvalue weighted by atomic mass is 79.9. The molecule has 2 aromatic rings. The molecule has 2 aromatic carbocycles. The fraction of sp³-hybridized carbons (Fsp3) is 0.235. The van der Waals surface area contributed by atoms with Crippen molar-refractivity contribution in [2.24, 2.45) is 0 Å². The number of rotatable bonds is 3. The van der Waals surface area contributed by atoms with E-state index in [9.17, 15) is 4.79 Å². The van der Waals surface area contributed by atoms with Crippen molar-refractivity contribution in [2.75, 3.05) is 5.32 Å². The molecule has 0 saturated carbocycles. The zero-order chi connectivity index (χ0) is 14.8. The molecule has 1 atom stereocenters. The lowest BCUT2D eigenvalue weighted by Gasteiger charge is -2.19.